The molecule has 0 atom stereocenters. The second-order valence-electron chi connectivity index (χ2n) is 5.96. The number of nitrogens with one attached hydrogen (secondary N) is 2. The number of aryl methyl sites for hydroxylation is 1. The van der Waals surface area contributed by atoms with E-state index in [0.717, 1.165) is 11.4 Å². The number of carbonyl (C=O) groups excluding carboxylic acids is 1. The van der Waals surface area contributed by atoms with Crippen molar-refractivity contribution in [1.29, 1.82) is 0 Å². The highest BCUT2D eigenvalue weighted by Crippen LogP contribution is 2.27. The minimum Gasteiger partial charge on any atom is -0.493 e. The van der Waals surface area contributed by atoms with Crippen LogP contribution in [0.5, 0.6) is 0 Å². The molecule has 1 aromatic carbocycles. The van der Waals surface area contributed by atoms with E-state index in [-0.39, 0.29) is 0 Å². The van der Waals surface area contributed by atoms with Gasteiger partial charge < -0.3 is 10.1 Å². The quantitative estimate of drug-likeness (QED) is 0.321. The van der Waals surface area contributed by atoms with Crippen LogP contribution in [0.2, 0.25) is 0 Å². The molecule has 2 aromatic heterocycles. The Balaban J connectivity index is 1.93. The van der Waals surface area contributed by atoms with Crippen molar-refractivity contribution in [1.82, 2.24) is 25.0 Å². The molecule has 148 valence electrons. The zero-order valence-corrected chi connectivity index (χ0v) is 16.0. The number of benzene rings is 1. The van der Waals surface area contributed by atoms with Gasteiger partial charge in [-0.3, -0.25) is 14.6 Å². The van der Waals surface area contributed by atoms with Crippen LogP contribution in [0.1, 0.15) is 21.9 Å². The Morgan fingerprint density at radius 3 is 2.59 bits per heavy atom. The van der Waals surface area contributed by atoms with Crippen molar-refractivity contribution in [2.45, 2.75) is 6.92 Å². The predicted octanol–water partition coefficient (Wildman–Crippen LogP) is 3.23. The monoisotopic (exact) mass is 392 g/mol. The summed E-state index contributed by atoms with van der Waals surface area (Å²) < 4.78 is 6.96. The average Bonchev–Trinajstić information content (AvgIpc) is 3.09. The van der Waals surface area contributed by atoms with Crippen molar-refractivity contribution >= 4 is 29.5 Å². The lowest BCUT2D eigenvalue weighted by Crippen LogP contribution is -2.18. The number of amides is 1. The molecule has 0 aliphatic rings. The van der Waals surface area contributed by atoms with E-state index in [9.17, 15) is 4.79 Å². The van der Waals surface area contributed by atoms with Crippen molar-refractivity contribution in [3.8, 4) is 11.4 Å². The molecule has 2 heterocycles. The molecule has 0 unspecified atom stereocenters. The number of rotatable bonds is 7. The molecule has 0 saturated carbocycles. The number of hydrogen-bond acceptors (Lipinski definition) is 7. The zero-order valence-electron chi connectivity index (χ0n) is 16.0. The number of imidazole rings is 1. The number of nitrogens with zero attached hydrogens (tertiary/aromatic N) is 4. The van der Waals surface area contributed by atoms with E-state index in [4.69, 9.17) is 9.94 Å². The molecular weight excluding hydrogens is 372 g/mol. The lowest BCUT2D eigenvalue weighted by atomic mass is 10.2. The summed E-state index contributed by atoms with van der Waals surface area (Å²) in [4.78, 5) is 24.7. The van der Waals surface area contributed by atoms with Crippen LogP contribution in [0.3, 0.4) is 0 Å². The Hall–Kier alpha value is -3.98. The smallest absolute Gasteiger partial charge is 0.274 e. The molecule has 0 saturated heterocycles. The Labute approximate surface area is 167 Å². The summed E-state index contributed by atoms with van der Waals surface area (Å²) in [6, 6.07) is 8.26. The maximum absolute atomic E-state index is 11.4. The highest BCUT2D eigenvalue weighted by Gasteiger charge is 2.18. The number of ether oxygens (including phenoxy) is 1. The number of carbonyl (C=O) groups is 1. The molecule has 3 rings (SSSR count). The molecule has 0 spiro atoms. The summed E-state index contributed by atoms with van der Waals surface area (Å²) in [5.74, 6) is 0.737. The first-order chi connectivity index (χ1) is 14.0. The Morgan fingerprint density at radius 1 is 1.24 bits per heavy atom. The molecule has 0 bridgehead atoms. The average molecular weight is 392 g/mol. The third kappa shape index (κ3) is 3.99. The van der Waals surface area contributed by atoms with Crippen LogP contribution in [0.4, 0.5) is 11.6 Å². The van der Waals surface area contributed by atoms with Gasteiger partial charge in [-0.15, -0.1) is 0 Å². The van der Waals surface area contributed by atoms with Gasteiger partial charge in [0.05, 0.1) is 24.2 Å². The van der Waals surface area contributed by atoms with E-state index in [1.165, 1.54) is 7.11 Å². The molecule has 0 fully saturated rings. The van der Waals surface area contributed by atoms with Gasteiger partial charge in [0.25, 0.3) is 5.91 Å². The molecule has 1 amide bonds. The number of aromatic nitrogens is 4. The van der Waals surface area contributed by atoms with Gasteiger partial charge in [0.15, 0.2) is 11.6 Å². The van der Waals surface area contributed by atoms with E-state index in [2.05, 4.69) is 33.4 Å². The fraction of sp³-hybridized carbons (Fsp3) is 0.100. The SMILES string of the molecule is C=Cn1c(C(=C)OC)nc(C)c1-c1ccnc(Nc2ccc(C(=O)NO)cc2)n1. The largest absolute Gasteiger partial charge is 0.493 e. The fourth-order valence-electron chi connectivity index (χ4n) is 2.77. The number of methoxy groups -OCH3 is 1. The molecule has 3 aromatic rings. The Bertz CT molecular complexity index is 1070. The van der Waals surface area contributed by atoms with Crippen molar-refractivity contribution in [2.24, 2.45) is 0 Å². The minimum atomic E-state index is -0.587. The van der Waals surface area contributed by atoms with Gasteiger partial charge in [0, 0.05) is 23.6 Å². The standard InChI is InChI=1S/C20H20N6O3/c1-5-26-17(12(2)22-18(26)13(3)29-4)16-10-11-21-20(24-16)23-15-8-6-14(7-9-15)19(27)25-28/h5-11,28H,1,3H2,2,4H3,(H,25,27)(H,21,23,24). The second kappa shape index (κ2) is 8.36. The molecule has 0 radical (unpaired) electrons. The molecule has 29 heavy (non-hydrogen) atoms. The van der Waals surface area contributed by atoms with Crippen molar-refractivity contribution in [3.05, 3.63) is 66.8 Å². The lowest BCUT2D eigenvalue weighted by molar-refractivity contribution is 0.0706. The Kier molecular flexibility index (Phi) is 5.70. The third-order valence-electron chi connectivity index (χ3n) is 4.17. The predicted molar refractivity (Wildman–Crippen MR) is 109 cm³/mol. The fourth-order valence-corrected chi connectivity index (χ4v) is 2.77. The number of hydroxylamine groups is 1. The first-order valence-corrected chi connectivity index (χ1v) is 8.58. The molecule has 0 aliphatic carbocycles. The summed E-state index contributed by atoms with van der Waals surface area (Å²) >= 11 is 0. The maximum Gasteiger partial charge on any atom is 0.274 e. The van der Waals surface area contributed by atoms with Gasteiger partial charge in [-0.2, -0.15) is 0 Å². The first kappa shape index (κ1) is 19.8. The van der Waals surface area contributed by atoms with Crippen LogP contribution >= 0.6 is 0 Å². The van der Waals surface area contributed by atoms with Gasteiger partial charge in [-0.05, 0) is 37.3 Å². The molecule has 0 aliphatic heterocycles. The van der Waals surface area contributed by atoms with Crippen LogP contribution in [-0.2, 0) is 4.74 Å². The van der Waals surface area contributed by atoms with Gasteiger partial charge >= 0.3 is 0 Å². The topological polar surface area (TPSA) is 114 Å². The summed E-state index contributed by atoms with van der Waals surface area (Å²) in [6.45, 7) is 9.56. The summed E-state index contributed by atoms with van der Waals surface area (Å²) in [5, 5.41) is 11.8. The minimum absolute atomic E-state index is 0.323. The van der Waals surface area contributed by atoms with Crippen LogP contribution in [0.15, 0.2) is 49.7 Å². The first-order valence-electron chi connectivity index (χ1n) is 8.58. The normalized spacial score (nSPS) is 10.3. The van der Waals surface area contributed by atoms with Crippen LogP contribution < -0.4 is 10.8 Å². The van der Waals surface area contributed by atoms with Gasteiger partial charge in [0.2, 0.25) is 5.95 Å². The lowest BCUT2D eigenvalue weighted by Gasteiger charge is -2.10. The molecule has 9 heteroatoms. The summed E-state index contributed by atoms with van der Waals surface area (Å²) in [6.07, 6.45) is 3.25. The van der Waals surface area contributed by atoms with Crippen molar-refractivity contribution in [3.63, 3.8) is 0 Å². The van der Waals surface area contributed by atoms with Crippen LogP contribution in [0, 0.1) is 6.92 Å². The molecule has 9 nitrogen and oxygen atoms in total. The van der Waals surface area contributed by atoms with Gasteiger partial charge in [-0.25, -0.2) is 20.4 Å². The highest BCUT2D eigenvalue weighted by molar-refractivity contribution is 5.93. The maximum atomic E-state index is 11.4. The van der Waals surface area contributed by atoms with Crippen molar-refractivity contribution < 1.29 is 14.7 Å². The van der Waals surface area contributed by atoms with Crippen LogP contribution in [0.25, 0.3) is 23.3 Å². The third-order valence-corrected chi connectivity index (χ3v) is 4.17. The van der Waals surface area contributed by atoms with Crippen LogP contribution in [-0.4, -0.2) is 37.7 Å². The molecule has 3 N–H and O–H groups in total. The Morgan fingerprint density at radius 2 is 1.97 bits per heavy atom. The van der Waals surface area contributed by atoms with E-state index in [1.807, 2.05) is 6.92 Å². The number of anilines is 2. The zero-order chi connectivity index (χ0) is 21.0. The van der Waals surface area contributed by atoms with Gasteiger partial charge in [0.1, 0.15) is 0 Å². The second-order valence-corrected chi connectivity index (χ2v) is 5.96. The number of hydrogen-bond donors (Lipinski definition) is 3. The highest BCUT2D eigenvalue weighted by atomic mass is 16.5. The van der Waals surface area contributed by atoms with Crippen molar-refractivity contribution in [2.75, 3.05) is 12.4 Å². The van der Waals surface area contributed by atoms with E-state index in [0.29, 0.717) is 34.5 Å². The van der Waals surface area contributed by atoms with Gasteiger partial charge in [-0.1, -0.05) is 13.2 Å². The van der Waals surface area contributed by atoms with E-state index < -0.39 is 5.91 Å². The van der Waals surface area contributed by atoms with E-state index >= 15 is 0 Å². The molecular formula is C20H20N6O3. The summed E-state index contributed by atoms with van der Waals surface area (Å²) in [7, 11) is 1.53. The summed E-state index contributed by atoms with van der Waals surface area (Å²) in [5.41, 5.74) is 4.71. The van der Waals surface area contributed by atoms with E-state index in [1.54, 1.807) is 52.8 Å².